The van der Waals surface area contributed by atoms with E-state index in [0.717, 1.165) is 5.56 Å². The number of amides is 1. The zero-order chi connectivity index (χ0) is 16.0. The van der Waals surface area contributed by atoms with Gasteiger partial charge in [-0.15, -0.1) is 0 Å². The second-order valence-electron chi connectivity index (χ2n) is 5.62. The summed E-state index contributed by atoms with van der Waals surface area (Å²) in [7, 11) is 0. The first-order valence-electron chi connectivity index (χ1n) is 7.06. The normalized spacial score (nSPS) is 12.2. The predicted octanol–water partition coefficient (Wildman–Crippen LogP) is 2.15. The van der Waals surface area contributed by atoms with Crippen LogP contribution in [0.2, 0.25) is 0 Å². The highest BCUT2D eigenvalue weighted by molar-refractivity contribution is 5.81. The summed E-state index contributed by atoms with van der Waals surface area (Å²) in [4.78, 5) is 22.3. The maximum absolute atomic E-state index is 11.8. The second kappa shape index (κ2) is 7.73. The van der Waals surface area contributed by atoms with Crippen molar-refractivity contribution in [1.82, 2.24) is 10.6 Å². The molecule has 6 nitrogen and oxygen atoms in total. The molecule has 0 radical (unpaired) electrons. The van der Waals surface area contributed by atoms with E-state index in [2.05, 4.69) is 10.6 Å². The predicted molar refractivity (Wildman–Crippen MR) is 82.0 cm³/mol. The average Bonchev–Trinajstić information content (AvgIpc) is 2.43. The van der Waals surface area contributed by atoms with Crippen LogP contribution in [0.3, 0.4) is 0 Å². The van der Waals surface area contributed by atoms with Crippen LogP contribution in [0, 0.1) is 23.0 Å². The fourth-order valence-electron chi connectivity index (χ4n) is 1.78. The molecule has 21 heavy (non-hydrogen) atoms. The lowest BCUT2D eigenvalue weighted by Gasteiger charge is -2.15. The molecule has 0 saturated carbocycles. The van der Waals surface area contributed by atoms with Crippen LogP contribution in [0.25, 0.3) is 0 Å². The standard InChI is InChI=1S/C15H23N3O3/c1-10(2)8-17-15(19)12(4)16-9-13-6-5-11(3)14(7-13)18(20)21/h5-7,10,12,16H,8-9H2,1-4H3,(H,17,19). The lowest BCUT2D eigenvalue weighted by Crippen LogP contribution is -2.42. The van der Waals surface area contributed by atoms with Gasteiger partial charge in [0.15, 0.2) is 0 Å². The summed E-state index contributed by atoms with van der Waals surface area (Å²) in [6, 6.07) is 4.75. The van der Waals surface area contributed by atoms with Crippen molar-refractivity contribution in [3.8, 4) is 0 Å². The lowest BCUT2D eigenvalue weighted by atomic mass is 10.1. The van der Waals surface area contributed by atoms with E-state index in [0.29, 0.717) is 24.6 Å². The summed E-state index contributed by atoms with van der Waals surface area (Å²) in [6.45, 7) is 8.60. The van der Waals surface area contributed by atoms with Gasteiger partial charge in [0.1, 0.15) is 0 Å². The molecular weight excluding hydrogens is 270 g/mol. The van der Waals surface area contributed by atoms with Crippen LogP contribution in [-0.4, -0.2) is 23.4 Å². The van der Waals surface area contributed by atoms with Gasteiger partial charge < -0.3 is 10.6 Å². The van der Waals surface area contributed by atoms with Crippen LogP contribution >= 0.6 is 0 Å². The number of carbonyl (C=O) groups excluding carboxylic acids is 1. The number of hydrogen-bond donors (Lipinski definition) is 2. The molecular formula is C15H23N3O3. The van der Waals surface area contributed by atoms with Gasteiger partial charge in [0, 0.05) is 24.7 Å². The van der Waals surface area contributed by atoms with Gasteiger partial charge >= 0.3 is 0 Å². The highest BCUT2D eigenvalue weighted by atomic mass is 16.6. The number of aryl methyl sites for hydroxylation is 1. The van der Waals surface area contributed by atoms with Gasteiger partial charge in [-0.3, -0.25) is 14.9 Å². The van der Waals surface area contributed by atoms with Crippen molar-refractivity contribution in [1.29, 1.82) is 0 Å². The van der Waals surface area contributed by atoms with Crippen LogP contribution in [0.1, 0.15) is 31.9 Å². The number of nitro groups is 1. The number of nitrogens with zero attached hydrogens (tertiary/aromatic N) is 1. The van der Waals surface area contributed by atoms with Gasteiger partial charge in [-0.2, -0.15) is 0 Å². The SMILES string of the molecule is Cc1ccc(CNC(C)C(=O)NCC(C)C)cc1[N+](=O)[O-]. The zero-order valence-electron chi connectivity index (χ0n) is 13.0. The van der Waals surface area contributed by atoms with Crippen molar-refractivity contribution < 1.29 is 9.72 Å². The van der Waals surface area contributed by atoms with Crippen LogP contribution in [0.15, 0.2) is 18.2 Å². The zero-order valence-corrected chi connectivity index (χ0v) is 13.0. The van der Waals surface area contributed by atoms with Crippen LogP contribution in [-0.2, 0) is 11.3 Å². The molecule has 0 saturated heterocycles. The minimum absolute atomic E-state index is 0.0645. The van der Waals surface area contributed by atoms with E-state index in [9.17, 15) is 14.9 Å². The second-order valence-corrected chi connectivity index (χ2v) is 5.62. The molecule has 0 fully saturated rings. The lowest BCUT2D eigenvalue weighted by molar-refractivity contribution is -0.385. The van der Waals surface area contributed by atoms with Crippen LogP contribution < -0.4 is 10.6 Å². The van der Waals surface area contributed by atoms with Crippen LogP contribution in [0.5, 0.6) is 0 Å². The molecule has 0 spiro atoms. The maximum atomic E-state index is 11.8. The van der Waals surface area contributed by atoms with E-state index < -0.39 is 4.92 Å². The summed E-state index contributed by atoms with van der Waals surface area (Å²) in [5.41, 5.74) is 1.52. The highest BCUT2D eigenvalue weighted by Crippen LogP contribution is 2.19. The third-order valence-electron chi connectivity index (χ3n) is 3.16. The summed E-state index contributed by atoms with van der Waals surface area (Å²) in [5.74, 6) is 0.339. The van der Waals surface area contributed by atoms with Crippen LogP contribution in [0.4, 0.5) is 5.69 Å². The molecule has 0 heterocycles. The number of benzene rings is 1. The van der Waals surface area contributed by atoms with Crippen molar-refractivity contribution in [3.63, 3.8) is 0 Å². The first-order chi connectivity index (χ1) is 9.81. The minimum Gasteiger partial charge on any atom is -0.354 e. The molecule has 0 bridgehead atoms. The molecule has 0 aliphatic heterocycles. The quantitative estimate of drug-likeness (QED) is 0.596. The minimum atomic E-state index is -0.391. The molecule has 2 N–H and O–H groups in total. The van der Waals surface area contributed by atoms with Gasteiger partial charge in [-0.1, -0.05) is 26.0 Å². The van der Waals surface area contributed by atoms with Crippen molar-refractivity contribution in [2.75, 3.05) is 6.54 Å². The summed E-state index contributed by atoms with van der Waals surface area (Å²) < 4.78 is 0. The van der Waals surface area contributed by atoms with E-state index in [1.165, 1.54) is 0 Å². The third-order valence-corrected chi connectivity index (χ3v) is 3.16. The van der Waals surface area contributed by atoms with Crippen molar-refractivity contribution in [2.24, 2.45) is 5.92 Å². The maximum Gasteiger partial charge on any atom is 0.272 e. The van der Waals surface area contributed by atoms with Gasteiger partial charge in [-0.05, 0) is 25.3 Å². The van der Waals surface area contributed by atoms with E-state index in [-0.39, 0.29) is 17.6 Å². The molecule has 1 atom stereocenters. The summed E-state index contributed by atoms with van der Waals surface area (Å²) in [6.07, 6.45) is 0. The summed E-state index contributed by atoms with van der Waals surface area (Å²) >= 11 is 0. The highest BCUT2D eigenvalue weighted by Gasteiger charge is 2.14. The molecule has 1 amide bonds. The molecule has 0 aliphatic carbocycles. The molecule has 0 aliphatic rings. The largest absolute Gasteiger partial charge is 0.354 e. The number of nitro benzene ring substituents is 1. The molecule has 1 rings (SSSR count). The Morgan fingerprint density at radius 2 is 2.00 bits per heavy atom. The molecule has 1 aromatic carbocycles. The van der Waals surface area contributed by atoms with E-state index >= 15 is 0 Å². The monoisotopic (exact) mass is 293 g/mol. The fourth-order valence-corrected chi connectivity index (χ4v) is 1.78. The van der Waals surface area contributed by atoms with Crippen molar-refractivity contribution in [2.45, 2.75) is 40.3 Å². The average molecular weight is 293 g/mol. The Kier molecular flexibility index (Phi) is 6.30. The first kappa shape index (κ1) is 17.1. The molecule has 6 heteroatoms. The molecule has 116 valence electrons. The van der Waals surface area contributed by atoms with E-state index in [1.807, 2.05) is 19.9 Å². The van der Waals surface area contributed by atoms with Gasteiger partial charge in [0.25, 0.3) is 5.69 Å². The Morgan fingerprint density at radius 3 is 2.57 bits per heavy atom. The number of hydrogen-bond acceptors (Lipinski definition) is 4. The van der Waals surface area contributed by atoms with Gasteiger partial charge in [-0.25, -0.2) is 0 Å². The van der Waals surface area contributed by atoms with E-state index in [4.69, 9.17) is 0 Å². The number of nitrogens with one attached hydrogen (secondary N) is 2. The summed E-state index contributed by atoms with van der Waals surface area (Å²) in [5, 5.41) is 16.8. The number of rotatable bonds is 7. The Hall–Kier alpha value is -1.95. The Balaban J connectivity index is 2.57. The van der Waals surface area contributed by atoms with Crippen molar-refractivity contribution >= 4 is 11.6 Å². The first-order valence-corrected chi connectivity index (χ1v) is 7.06. The molecule has 1 aromatic rings. The van der Waals surface area contributed by atoms with Gasteiger partial charge in [0.2, 0.25) is 5.91 Å². The number of carbonyl (C=O) groups is 1. The Labute approximate surface area is 125 Å². The smallest absolute Gasteiger partial charge is 0.272 e. The Morgan fingerprint density at radius 1 is 1.33 bits per heavy atom. The van der Waals surface area contributed by atoms with E-state index in [1.54, 1.807) is 26.0 Å². The Bertz CT molecular complexity index is 515. The fraction of sp³-hybridized carbons (Fsp3) is 0.533. The molecule has 1 unspecified atom stereocenters. The molecule has 0 aromatic heterocycles. The topological polar surface area (TPSA) is 84.3 Å². The van der Waals surface area contributed by atoms with Gasteiger partial charge in [0.05, 0.1) is 11.0 Å². The third kappa shape index (κ3) is 5.51. The van der Waals surface area contributed by atoms with Crippen molar-refractivity contribution in [3.05, 3.63) is 39.4 Å².